The quantitative estimate of drug-likeness (QED) is 0.463. The molecular formula is C25H24F7NO3. The maximum Gasteiger partial charge on any atom is 0.416 e. The molecule has 0 aromatic heterocycles. The molecule has 36 heavy (non-hydrogen) atoms. The predicted molar refractivity (Wildman–Crippen MR) is 115 cm³/mol. The van der Waals surface area contributed by atoms with Crippen LogP contribution in [-0.2, 0) is 33.3 Å². The van der Waals surface area contributed by atoms with Crippen LogP contribution in [-0.4, -0.2) is 35.3 Å². The molecule has 2 aliphatic heterocycles. The number of alkyl halides is 6. The lowest BCUT2D eigenvalue weighted by molar-refractivity contribution is -0.143. The number of amides is 1. The van der Waals surface area contributed by atoms with E-state index in [0.29, 0.717) is 25.0 Å². The first kappa shape index (κ1) is 27.6. The molecule has 0 spiro atoms. The van der Waals surface area contributed by atoms with Crippen LogP contribution in [0, 0.1) is 11.7 Å². The molecule has 2 aliphatic rings. The number of piperidine rings is 1. The number of Topliss-reactive ketones (excluding diaryl/α,β-unsaturated/α-hetero) is 1. The molecule has 2 heterocycles. The predicted octanol–water partition coefficient (Wildman–Crippen LogP) is 6.04. The monoisotopic (exact) mass is 519 g/mol. The molecule has 2 saturated heterocycles. The van der Waals surface area contributed by atoms with Gasteiger partial charge in [0.2, 0.25) is 5.91 Å². The summed E-state index contributed by atoms with van der Waals surface area (Å²) < 4.78 is 95.1. The normalized spacial score (nSPS) is 22.1. The highest BCUT2D eigenvalue weighted by molar-refractivity contribution is 5.87. The molecule has 0 N–H and O–H groups in total. The van der Waals surface area contributed by atoms with Crippen molar-refractivity contribution in [3.05, 3.63) is 71.0 Å². The van der Waals surface area contributed by atoms with Crippen molar-refractivity contribution in [1.29, 1.82) is 0 Å². The van der Waals surface area contributed by atoms with E-state index in [0.717, 1.165) is 0 Å². The van der Waals surface area contributed by atoms with Crippen LogP contribution in [0.4, 0.5) is 30.7 Å². The van der Waals surface area contributed by atoms with Gasteiger partial charge in [-0.3, -0.25) is 9.59 Å². The van der Waals surface area contributed by atoms with E-state index in [9.17, 15) is 40.3 Å². The van der Waals surface area contributed by atoms with Gasteiger partial charge in [0.25, 0.3) is 0 Å². The second-order valence-electron chi connectivity index (χ2n) is 8.83. The van der Waals surface area contributed by atoms with Crippen molar-refractivity contribution in [3.8, 4) is 0 Å². The summed E-state index contributed by atoms with van der Waals surface area (Å²) in [5, 5.41) is 0. The van der Waals surface area contributed by atoms with Gasteiger partial charge in [0.1, 0.15) is 11.6 Å². The topological polar surface area (TPSA) is 46.6 Å². The molecule has 1 amide bonds. The van der Waals surface area contributed by atoms with E-state index in [1.807, 2.05) is 0 Å². The van der Waals surface area contributed by atoms with E-state index in [1.54, 1.807) is 23.1 Å². The number of halogens is 7. The lowest BCUT2D eigenvalue weighted by Gasteiger charge is -2.33. The summed E-state index contributed by atoms with van der Waals surface area (Å²) in [7, 11) is 0. The highest BCUT2D eigenvalue weighted by Crippen LogP contribution is 2.37. The molecule has 0 radical (unpaired) electrons. The van der Waals surface area contributed by atoms with Crippen molar-refractivity contribution < 1.29 is 45.1 Å². The smallest absolute Gasteiger partial charge is 0.372 e. The number of nitrogens with zero attached hydrogens (tertiary/aromatic N) is 1. The summed E-state index contributed by atoms with van der Waals surface area (Å²) in [4.78, 5) is 25.3. The molecule has 11 heteroatoms. The Bertz CT molecular complexity index is 1040. The molecule has 0 aliphatic carbocycles. The zero-order valence-electron chi connectivity index (χ0n) is 19.2. The van der Waals surface area contributed by atoms with Crippen LogP contribution < -0.4 is 0 Å². The summed E-state index contributed by atoms with van der Waals surface area (Å²) in [6.07, 6.45) is -9.36. The summed E-state index contributed by atoms with van der Waals surface area (Å²) in [5.74, 6) is -0.806. The van der Waals surface area contributed by atoms with E-state index < -0.39 is 36.2 Å². The molecule has 4 rings (SSSR count). The van der Waals surface area contributed by atoms with Crippen molar-refractivity contribution in [2.75, 3.05) is 6.54 Å². The van der Waals surface area contributed by atoms with Crippen LogP contribution in [0.15, 0.2) is 48.5 Å². The number of benzene rings is 2. The zero-order chi connectivity index (χ0) is 26.7. The van der Waals surface area contributed by atoms with Crippen LogP contribution in [0.2, 0.25) is 0 Å². The molecule has 2 aromatic carbocycles. The van der Waals surface area contributed by atoms with Gasteiger partial charge in [0.15, 0.2) is 0 Å². The van der Waals surface area contributed by atoms with Crippen LogP contribution in [0.1, 0.15) is 42.9 Å². The average molecular weight is 519 g/mol. The Morgan fingerprint density at radius 2 is 1.56 bits per heavy atom. The molecule has 196 valence electrons. The molecule has 0 saturated carbocycles. The highest BCUT2D eigenvalue weighted by atomic mass is 19.4. The van der Waals surface area contributed by atoms with Gasteiger partial charge in [-0.15, -0.1) is 0 Å². The van der Waals surface area contributed by atoms with Crippen molar-refractivity contribution in [3.63, 3.8) is 0 Å². The van der Waals surface area contributed by atoms with E-state index in [2.05, 4.69) is 0 Å². The lowest BCUT2D eigenvalue weighted by Crippen LogP contribution is -2.44. The molecule has 2 fully saturated rings. The number of ketones is 1. The summed E-state index contributed by atoms with van der Waals surface area (Å²) in [6.45, 7) is 1.18. The van der Waals surface area contributed by atoms with E-state index >= 15 is 0 Å². The Hall–Kier alpha value is -2.95. The van der Waals surface area contributed by atoms with Crippen LogP contribution >= 0.6 is 0 Å². The van der Waals surface area contributed by atoms with Gasteiger partial charge in [0, 0.05) is 24.9 Å². The fourth-order valence-corrected chi connectivity index (χ4v) is 4.30. The van der Waals surface area contributed by atoms with Gasteiger partial charge in [-0.25, -0.2) is 4.39 Å². The minimum atomic E-state index is -4.92. The third kappa shape index (κ3) is 7.28. The fraction of sp³-hybridized carbons (Fsp3) is 0.440. The van der Waals surface area contributed by atoms with Gasteiger partial charge in [-0.1, -0.05) is 18.2 Å². The number of fused-ring (bicyclic) bond motifs is 1. The number of ether oxygens (including phenoxy) is 1. The SMILES string of the molecule is CC(=O)C1CC(=O)N2CC(OCc3cc(C(F)(F)F)cc(C(F)(F)F)c3)CC2C1.Fc1ccccc1. The van der Waals surface area contributed by atoms with Gasteiger partial charge in [-0.2, -0.15) is 26.3 Å². The fourth-order valence-electron chi connectivity index (χ4n) is 4.30. The van der Waals surface area contributed by atoms with Gasteiger partial charge in [-0.05, 0) is 55.7 Å². The zero-order valence-corrected chi connectivity index (χ0v) is 19.2. The van der Waals surface area contributed by atoms with Crippen molar-refractivity contribution >= 4 is 11.7 Å². The Morgan fingerprint density at radius 3 is 2.03 bits per heavy atom. The number of carbonyl (C=O) groups is 2. The highest BCUT2D eigenvalue weighted by Gasteiger charge is 2.42. The number of hydrogen-bond acceptors (Lipinski definition) is 3. The Labute approximate surface area is 203 Å². The van der Waals surface area contributed by atoms with Gasteiger partial charge < -0.3 is 9.64 Å². The summed E-state index contributed by atoms with van der Waals surface area (Å²) in [6, 6.07) is 9.07. The van der Waals surface area contributed by atoms with Crippen LogP contribution in [0.5, 0.6) is 0 Å². The first-order chi connectivity index (χ1) is 16.7. The minimum absolute atomic E-state index is 0.0693. The molecule has 2 aromatic rings. The largest absolute Gasteiger partial charge is 0.416 e. The van der Waals surface area contributed by atoms with Crippen molar-refractivity contribution in [2.45, 2.75) is 57.3 Å². The Balaban J connectivity index is 0.000000444. The maximum atomic E-state index is 12.9. The van der Waals surface area contributed by atoms with Crippen LogP contribution in [0.3, 0.4) is 0 Å². The van der Waals surface area contributed by atoms with E-state index in [4.69, 9.17) is 4.74 Å². The van der Waals surface area contributed by atoms with Crippen LogP contribution in [0.25, 0.3) is 0 Å². The molecule has 4 nitrogen and oxygen atoms in total. The van der Waals surface area contributed by atoms with E-state index in [1.165, 1.54) is 19.1 Å². The number of rotatable bonds is 4. The maximum absolute atomic E-state index is 12.9. The first-order valence-electron chi connectivity index (χ1n) is 11.1. The molecule has 3 atom stereocenters. The summed E-state index contributed by atoms with van der Waals surface area (Å²) >= 11 is 0. The third-order valence-corrected chi connectivity index (χ3v) is 6.12. The number of hydrogen-bond donors (Lipinski definition) is 0. The average Bonchev–Trinajstić information content (AvgIpc) is 3.21. The minimum Gasteiger partial charge on any atom is -0.372 e. The molecule has 3 unspecified atom stereocenters. The molecule has 0 bridgehead atoms. The van der Waals surface area contributed by atoms with Crippen molar-refractivity contribution in [2.24, 2.45) is 5.92 Å². The second kappa shape index (κ2) is 11.0. The van der Waals surface area contributed by atoms with Gasteiger partial charge >= 0.3 is 12.4 Å². The third-order valence-electron chi connectivity index (χ3n) is 6.12. The van der Waals surface area contributed by atoms with Gasteiger partial charge in [0.05, 0.1) is 23.8 Å². The standard InChI is InChI=1S/C19H19F6NO3.C6H5F/c1-10(27)12-4-15-7-16(8-26(15)17(28)5-12)29-9-11-2-13(18(20,21)22)6-14(3-11)19(23,24)25;7-6-4-2-1-3-5-6/h2-3,6,12,15-16H,4-5,7-9H2,1H3;1-5H. The lowest BCUT2D eigenvalue weighted by atomic mass is 9.88. The first-order valence-corrected chi connectivity index (χ1v) is 11.1. The molecular weight excluding hydrogens is 495 g/mol. The summed E-state index contributed by atoms with van der Waals surface area (Å²) in [5.41, 5.74) is -3.03. The Kier molecular flexibility index (Phi) is 8.43. The van der Waals surface area contributed by atoms with E-state index in [-0.39, 0.29) is 54.1 Å². The Morgan fingerprint density at radius 1 is 0.972 bits per heavy atom. The number of carbonyl (C=O) groups excluding carboxylic acids is 2. The second-order valence-corrected chi connectivity index (χ2v) is 8.83. The van der Waals surface area contributed by atoms with Crippen molar-refractivity contribution in [1.82, 2.24) is 4.90 Å².